The molecule has 0 fully saturated rings. The number of carbonyl (C=O) groups excluding carboxylic acids is 1. The Morgan fingerprint density at radius 3 is 3.00 bits per heavy atom. The monoisotopic (exact) mass is 267 g/mol. The number of amides is 1. The van der Waals surface area contributed by atoms with Crippen LogP contribution in [-0.4, -0.2) is 18.3 Å². The lowest BCUT2D eigenvalue weighted by atomic mass is 10.4. The summed E-state index contributed by atoms with van der Waals surface area (Å²) in [5, 5.41) is 4.55. The highest BCUT2D eigenvalue weighted by Crippen LogP contribution is 2.21. The molecule has 0 aliphatic heterocycles. The van der Waals surface area contributed by atoms with Gasteiger partial charge in [-0.3, -0.25) is 4.79 Å². The summed E-state index contributed by atoms with van der Waals surface area (Å²) in [4.78, 5) is 12.0. The van der Waals surface area contributed by atoms with Gasteiger partial charge in [-0.05, 0) is 27.4 Å². The maximum atomic E-state index is 11.3. The maximum absolute atomic E-state index is 11.3. The van der Waals surface area contributed by atoms with Crippen molar-refractivity contribution in [2.75, 3.05) is 12.4 Å². The van der Waals surface area contributed by atoms with Crippen LogP contribution in [0.4, 0.5) is 0 Å². The van der Waals surface area contributed by atoms with Gasteiger partial charge < -0.3 is 5.32 Å². The van der Waals surface area contributed by atoms with Crippen molar-refractivity contribution in [2.24, 2.45) is 0 Å². The predicted molar refractivity (Wildman–Crippen MR) is 55.1 cm³/mol. The number of carbonyl (C=O) groups is 1. The normalized spacial score (nSPS) is 9.83. The van der Waals surface area contributed by atoms with E-state index in [0.717, 1.165) is 4.47 Å². The molecule has 0 saturated carbocycles. The number of alkyl halides is 1. The van der Waals surface area contributed by atoms with E-state index in [1.807, 2.05) is 11.4 Å². The average Bonchev–Trinajstić information content (AvgIpc) is 2.47. The highest BCUT2D eigenvalue weighted by molar-refractivity contribution is 9.10. The fourth-order valence-electron chi connectivity index (χ4n) is 0.697. The van der Waals surface area contributed by atoms with E-state index in [2.05, 4.69) is 21.2 Å². The van der Waals surface area contributed by atoms with E-state index in [0.29, 0.717) is 17.3 Å². The third-order valence-electron chi connectivity index (χ3n) is 1.20. The SMILES string of the molecule is O=C(NCCCl)c1sccc1Br. The second-order valence-corrected chi connectivity index (χ2v) is 4.19. The first-order valence-corrected chi connectivity index (χ1v) is 5.53. The van der Waals surface area contributed by atoms with Crippen molar-refractivity contribution in [3.8, 4) is 0 Å². The summed E-state index contributed by atoms with van der Waals surface area (Å²) in [5.74, 6) is 0.367. The summed E-state index contributed by atoms with van der Waals surface area (Å²) < 4.78 is 0.833. The van der Waals surface area contributed by atoms with Crippen LogP contribution >= 0.6 is 38.9 Å². The average molecular weight is 269 g/mol. The van der Waals surface area contributed by atoms with Crippen molar-refractivity contribution in [3.63, 3.8) is 0 Å². The van der Waals surface area contributed by atoms with Gasteiger partial charge in [0, 0.05) is 16.9 Å². The van der Waals surface area contributed by atoms with Crippen LogP contribution in [0.2, 0.25) is 0 Å². The van der Waals surface area contributed by atoms with E-state index in [1.54, 1.807) is 0 Å². The Bertz CT molecular complexity index is 276. The molecule has 0 aliphatic rings. The first kappa shape index (κ1) is 10.0. The van der Waals surface area contributed by atoms with Gasteiger partial charge >= 0.3 is 0 Å². The molecular formula is C7H7BrClNOS. The summed E-state index contributed by atoms with van der Waals surface area (Å²) >= 11 is 10.1. The highest BCUT2D eigenvalue weighted by Gasteiger charge is 2.09. The van der Waals surface area contributed by atoms with Crippen LogP contribution in [0, 0.1) is 0 Å². The van der Waals surface area contributed by atoms with Crippen LogP contribution in [0.3, 0.4) is 0 Å². The zero-order chi connectivity index (χ0) is 8.97. The Balaban J connectivity index is 2.59. The number of hydrogen-bond acceptors (Lipinski definition) is 2. The summed E-state index contributed by atoms with van der Waals surface area (Å²) in [7, 11) is 0. The van der Waals surface area contributed by atoms with Crippen molar-refractivity contribution in [2.45, 2.75) is 0 Å². The van der Waals surface area contributed by atoms with Crippen molar-refractivity contribution >= 4 is 44.8 Å². The molecule has 0 aliphatic carbocycles. The molecule has 1 rings (SSSR count). The van der Waals surface area contributed by atoms with E-state index < -0.39 is 0 Å². The Morgan fingerprint density at radius 1 is 1.75 bits per heavy atom. The quantitative estimate of drug-likeness (QED) is 0.839. The van der Waals surface area contributed by atoms with Gasteiger partial charge in [-0.15, -0.1) is 22.9 Å². The number of nitrogens with one attached hydrogen (secondary N) is 1. The Hall–Kier alpha value is -0.0600. The first-order chi connectivity index (χ1) is 5.75. The Morgan fingerprint density at radius 2 is 2.50 bits per heavy atom. The fourth-order valence-corrected chi connectivity index (χ4v) is 2.26. The minimum Gasteiger partial charge on any atom is -0.350 e. The highest BCUT2D eigenvalue weighted by atomic mass is 79.9. The maximum Gasteiger partial charge on any atom is 0.262 e. The number of rotatable bonds is 3. The molecule has 1 aromatic heterocycles. The molecule has 0 radical (unpaired) electrons. The Labute approximate surface area is 88.0 Å². The van der Waals surface area contributed by atoms with Gasteiger partial charge in [0.15, 0.2) is 0 Å². The molecule has 1 N–H and O–H groups in total. The smallest absolute Gasteiger partial charge is 0.262 e. The fraction of sp³-hybridized carbons (Fsp3) is 0.286. The molecule has 0 bridgehead atoms. The first-order valence-electron chi connectivity index (χ1n) is 3.33. The molecule has 1 aromatic rings. The largest absolute Gasteiger partial charge is 0.350 e. The summed E-state index contributed by atoms with van der Waals surface area (Å²) in [6, 6.07) is 1.85. The lowest BCUT2D eigenvalue weighted by Crippen LogP contribution is -2.24. The third-order valence-corrected chi connectivity index (χ3v) is 3.23. The van der Waals surface area contributed by atoms with Crippen molar-refractivity contribution in [1.82, 2.24) is 5.32 Å². The number of thiophene rings is 1. The second-order valence-electron chi connectivity index (χ2n) is 2.04. The number of halogens is 2. The Kier molecular flexibility index (Phi) is 4.05. The minimum atomic E-state index is -0.0717. The standard InChI is InChI=1S/C7H7BrClNOS/c8-5-1-4-12-6(5)7(11)10-3-2-9/h1,4H,2-3H2,(H,10,11). The van der Waals surface area contributed by atoms with Gasteiger partial charge in [-0.25, -0.2) is 0 Å². The van der Waals surface area contributed by atoms with Gasteiger partial charge in [0.1, 0.15) is 4.88 Å². The van der Waals surface area contributed by atoms with E-state index in [-0.39, 0.29) is 5.91 Å². The van der Waals surface area contributed by atoms with Crippen LogP contribution in [0.5, 0.6) is 0 Å². The van der Waals surface area contributed by atoms with Crippen molar-refractivity contribution in [3.05, 3.63) is 20.8 Å². The third kappa shape index (κ3) is 2.47. The van der Waals surface area contributed by atoms with Crippen molar-refractivity contribution < 1.29 is 4.79 Å². The van der Waals surface area contributed by atoms with Crippen LogP contribution in [-0.2, 0) is 0 Å². The van der Waals surface area contributed by atoms with E-state index >= 15 is 0 Å². The topological polar surface area (TPSA) is 29.1 Å². The molecule has 1 amide bonds. The molecule has 0 spiro atoms. The molecule has 2 nitrogen and oxygen atoms in total. The molecule has 0 unspecified atom stereocenters. The molecule has 12 heavy (non-hydrogen) atoms. The summed E-state index contributed by atoms with van der Waals surface area (Å²) in [6.45, 7) is 0.505. The van der Waals surface area contributed by atoms with Gasteiger partial charge in [0.05, 0.1) is 0 Å². The van der Waals surface area contributed by atoms with E-state index in [4.69, 9.17) is 11.6 Å². The van der Waals surface area contributed by atoms with Gasteiger partial charge in [-0.1, -0.05) is 0 Å². The van der Waals surface area contributed by atoms with E-state index in [1.165, 1.54) is 11.3 Å². The zero-order valence-electron chi connectivity index (χ0n) is 6.14. The van der Waals surface area contributed by atoms with Crippen LogP contribution < -0.4 is 5.32 Å². The van der Waals surface area contributed by atoms with Crippen LogP contribution in [0.1, 0.15) is 9.67 Å². The molecule has 66 valence electrons. The molecule has 5 heteroatoms. The van der Waals surface area contributed by atoms with Gasteiger partial charge in [-0.2, -0.15) is 0 Å². The molecular weight excluding hydrogens is 262 g/mol. The minimum absolute atomic E-state index is 0.0717. The summed E-state index contributed by atoms with van der Waals surface area (Å²) in [5.41, 5.74) is 0. The predicted octanol–water partition coefficient (Wildman–Crippen LogP) is 2.48. The molecule has 0 aromatic carbocycles. The second kappa shape index (κ2) is 4.84. The van der Waals surface area contributed by atoms with Crippen LogP contribution in [0.15, 0.2) is 15.9 Å². The number of hydrogen-bond donors (Lipinski definition) is 1. The van der Waals surface area contributed by atoms with Crippen LogP contribution in [0.25, 0.3) is 0 Å². The lowest BCUT2D eigenvalue weighted by molar-refractivity contribution is 0.0959. The summed E-state index contributed by atoms with van der Waals surface area (Å²) in [6.07, 6.45) is 0. The zero-order valence-corrected chi connectivity index (χ0v) is 9.30. The van der Waals surface area contributed by atoms with E-state index in [9.17, 15) is 4.79 Å². The molecule has 1 heterocycles. The van der Waals surface area contributed by atoms with Gasteiger partial charge in [0.25, 0.3) is 5.91 Å². The molecule has 0 saturated heterocycles. The van der Waals surface area contributed by atoms with Gasteiger partial charge in [0.2, 0.25) is 0 Å². The molecule has 0 atom stereocenters. The lowest BCUT2D eigenvalue weighted by Gasteiger charge is -1.99. The van der Waals surface area contributed by atoms with Crippen molar-refractivity contribution in [1.29, 1.82) is 0 Å².